The summed E-state index contributed by atoms with van der Waals surface area (Å²) in [6.07, 6.45) is 2.68. The molecule has 0 aliphatic heterocycles. The fourth-order valence-electron chi connectivity index (χ4n) is 3.12. The molecule has 0 heterocycles. The first-order chi connectivity index (χ1) is 10.7. The first kappa shape index (κ1) is 14.8. The van der Waals surface area contributed by atoms with Crippen molar-refractivity contribution in [3.05, 3.63) is 65.7 Å². The average molecular weight is 294 g/mol. The van der Waals surface area contributed by atoms with Gasteiger partial charge in [0.2, 0.25) is 0 Å². The van der Waals surface area contributed by atoms with Crippen LogP contribution in [0.5, 0.6) is 5.75 Å². The van der Waals surface area contributed by atoms with Crippen molar-refractivity contribution in [3.8, 4) is 5.75 Å². The Kier molecular flexibility index (Phi) is 4.57. The maximum atomic E-state index is 11.6. The topological polar surface area (TPSA) is 26.3 Å². The fourth-order valence-corrected chi connectivity index (χ4v) is 3.12. The molecule has 2 nitrogen and oxygen atoms in total. The molecule has 0 bridgehead atoms. The van der Waals surface area contributed by atoms with Crippen LogP contribution in [0.4, 0.5) is 0 Å². The molecule has 1 fully saturated rings. The largest absolute Gasteiger partial charge is 0.489 e. The molecule has 1 aliphatic carbocycles. The number of rotatable bonds is 4. The predicted octanol–water partition coefficient (Wildman–Crippen LogP) is 4.74. The fraction of sp³-hybridized carbons (Fsp3) is 0.350. The van der Waals surface area contributed by atoms with Crippen molar-refractivity contribution < 1.29 is 9.53 Å². The molecular weight excluding hydrogens is 272 g/mol. The molecule has 0 saturated heterocycles. The number of hydrogen-bond acceptors (Lipinski definition) is 2. The van der Waals surface area contributed by atoms with Gasteiger partial charge in [-0.15, -0.1) is 0 Å². The van der Waals surface area contributed by atoms with E-state index in [1.165, 1.54) is 11.1 Å². The summed E-state index contributed by atoms with van der Waals surface area (Å²) in [7, 11) is 0. The molecule has 22 heavy (non-hydrogen) atoms. The summed E-state index contributed by atoms with van der Waals surface area (Å²) in [5, 5.41) is 0. The van der Waals surface area contributed by atoms with E-state index < -0.39 is 0 Å². The number of ether oxygens (including phenoxy) is 1. The number of benzene rings is 2. The maximum absolute atomic E-state index is 11.6. The minimum atomic E-state index is 0.202. The van der Waals surface area contributed by atoms with Gasteiger partial charge in [-0.1, -0.05) is 49.4 Å². The lowest BCUT2D eigenvalue weighted by atomic mass is 9.78. The number of carbonyl (C=O) groups excluding carboxylic acids is 1. The molecule has 0 amide bonds. The minimum Gasteiger partial charge on any atom is -0.489 e. The van der Waals surface area contributed by atoms with Gasteiger partial charge in [0.05, 0.1) is 0 Å². The first-order valence-corrected chi connectivity index (χ1v) is 8.02. The summed E-state index contributed by atoms with van der Waals surface area (Å²) in [6.45, 7) is 2.64. The third-order valence-corrected chi connectivity index (χ3v) is 4.53. The standard InChI is InChI=1S/C20H22O2/c1-15-13-18(9-12-20(15)21)17-7-10-19(11-8-17)22-14-16-5-3-2-4-6-16/h2-8,10-11,15,18H,9,12-14H2,1H3. The van der Waals surface area contributed by atoms with E-state index >= 15 is 0 Å². The molecule has 3 rings (SSSR count). The van der Waals surface area contributed by atoms with Crippen LogP contribution < -0.4 is 4.74 Å². The SMILES string of the molecule is CC1CC(c2ccc(OCc3ccccc3)cc2)CCC1=O. The predicted molar refractivity (Wildman–Crippen MR) is 88.0 cm³/mol. The van der Waals surface area contributed by atoms with Crippen LogP contribution in [0, 0.1) is 5.92 Å². The highest BCUT2D eigenvalue weighted by Crippen LogP contribution is 2.34. The van der Waals surface area contributed by atoms with Crippen LogP contribution >= 0.6 is 0 Å². The zero-order valence-corrected chi connectivity index (χ0v) is 13.0. The van der Waals surface area contributed by atoms with Crippen LogP contribution in [0.3, 0.4) is 0 Å². The van der Waals surface area contributed by atoms with E-state index in [0.717, 1.165) is 25.0 Å². The lowest BCUT2D eigenvalue weighted by molar-refractivity contribution is -0.124. The number of ketones is 1. The smallest absolute Gasteiger partial charge is 0.135 e. The third-order valence-electron chi connectivity index (χ3n) is 4.53. The van der Waals surface area contributed by atoms with E-state index in [1.54, 1.807) is 0 Å². The molecule has 2 unspecified atom stereocenters. The summed E-state index contributed by atoms with van der Waals surface area (Å²) < 4.78 is 5.82. The van der Waals surface area contributed by atoms with Crippen LogP contribution in [0.25, 0.3) is 0 Å². The van der Waals surface area contributed by atoms with E-state index in [9.17, 15) is 4.79 Å². The Bertz CT molecular complexity index is 616. The normalized spacial score (nSPS) is 21.6. The van der Waals surface area contributed by atoms with Crippen LogP contribution in [0.2, 0.25) is 0 Å². The Morgan fingerprint density at radius 2 is 1.77 bits per heavy atom. The van der Waals surface area contributed by atoms with Crippen molar-refractivity contribution >= 4 is 5.78 Å². The lowest BCUT2D eigenvalue weighted by Crippen LogP contribution is -2.21. The van der Waals surface area contributed by atoms with Gasteiger partial charge in [-0.3, -0.25) is 4.79 Å². The molecule has 2 heteroatoms. The van der Waals surface area contributed by atoms with Gasteiger partial charge in [0, 0.05) is 12.3 Å². The van der Waals surface area contributed by atoms with Crippen molar-refractivity contribution in [1.29, 1.82) is 0 Å². The van der Waals surface area contributed by atoms with Crippen molar-refractivity contribution in [3.63, 3.8) is 0 Å². The van der Waals surface area contributed by atoms with Crippen LogP contribution in [0.1, 0.15) is 43.2 Å². The van der Waals surface area contributed by atoms with Crippen LogP contribution in [-0.2, 0) is 11.4 Å². The second-order valence-electron chi connectivity index (χ2n) is 6.18. The van der Waals surface area contributed by atoms with Gasteiger partial charge in [-0.25, -0.2) is 0 Å². The van der Waals surface area contributed by atoms with Gasteiger partial charge < -0.3 is 4.74 Å². The highest BCUT2D eigenvalue weighted by molar-refractivity contribution is 5.81. The Morgan fingerprint density at radius 3 is 2.45 bits per heavy atom. The third kappa shape index (κ3) is 3.56. The average Bonchev–Trinajstić information content (AvgIpc) is 2.57. The van der Waals surface area contributed by atoms with E-state index in [0.29, 0.717) is 18.3 Å². The van der Waals surface area contributed by atoms with Crippen LogP contribution in [0.15, 0.2) is 54.6 Å². The van der Waals surface area contributed by atoms with Gasteiger partial charge >= 0.3 is 0 Å². The molecule has 2 atom stereocenters. The molecule has 114 valence electrons. The first-order valence-electron chi connectivity index (χ1n) is 8.02. The Balaban J connectivity index is 1.59. The zero-order valence-electron chi connectivity index (χ0n) is 13.0. The highest BCUT2D eigenvalue weighted by atomic mass is 16.5. The molecule has 2 aromatic carbocycles. The summed E-state index contributed by atoms with van der Waals surface area (Å²) in [5.74, 6) is 2.02. The Labute approximate surface area is 132 Å². The highest BCUT2D eigenvalue weighted by Gasteiger charge is 2.26. The summed E-state index contributed by atoms with van der Waals surface area (Å²) in [5.41, 5.74) is 2.50. The zero-order chi connectivity index (χ0) is 15.4. The molecule has 0 aromatic heterocycles. The molecular formula is C20H22O2. The van der Waals surface area contributed by atoms with Gasteiger partial charge in [0.1, 0.15) is 18.1 Å². The molecule has 0 radical (unpaired) electrons. The molecule has 0 spiro atoms. The van der Waals surface area contributed by atoms with Crippen molar-refractivity contribution in [1.82, 2.24) is 0 Å². The molecule has 1 saturated carbocycles. The maximum Gasteiger partial charge on any atom is 0.135 e. The van der Waals surface area contributed by atoms with Crippen molar-refractivity contribution in [2.24, 2.45) is 5.92 Å². The van der Waals surface area contributed by atoms with Crippen LogP contribution in [-0.4, -0.2) is 5.78 Å². The summed E-state index contributed by atoms with van der Waals surface area (Å²) in [4.78, 5) is 11.6. The number of Topliss-reactive ketones (excluding diaryl/α,β-unsaturated/α-hetero) is 1. The number of hydrogen-bond donors (Lipinski definition) is 0. The second-order valence-corrected chi connectivity index (χ2v) is 6.18. The van der Waals surface area contributed by atoms with Gasteiger partial charge in [0.25, 0.3) is 0 Å². The Morgan fingerprint density at radius 1 is 1.05 bits per heavy atom. The summed E-state index contributed by atoms with van der Waals surface area (Å²) >= 11 is 0. The van der Waals surface area contributed by atoms with E-state index in [4.69, 9.17) is 4.74 Å². The van der Waals surface area contributed by atoms with E-state index in [-0.39, 0.29) is 5.92 Å². The van der Waals surface area contributed by atoms with Gasteiger partial charge in [-0.2, -0.15) is 0 Å². The second kappa shape index (κ2) is 6.78. The quantitative estimate of drug-likeness (QED) is 0.814. The Hall–Kier alpha value is -2.09. The van der Waals surface area contributed by atoms with Gasteiger partial charge in [-0.05, 0) is 42.0 Å². The number of carbonyl (C=O) groups is 1. The van der Waals surface area contributed by atoms with Crippen molar-refractivity contribution in [2.45, 2.75) is 38.7 Å². The lowest BCUT2D eigenvalue weighted by Gasteiger charge is -2.26. The van der Waals surface area contributed by atoms with E-state index in [1.807, 2.05) is 37.3 Å². The molecule has 1 aliphatic rings. The van der Waals surface area contributed by atoms with E-state index in [2.05, 4.69) is 24.3 Å². The van der Waals surface area contributed by atoms with Gasteiger partial charge in [0.15, 0.2) is 0 Å². The monoisotopic (exact) mass is 294 g/mol. The van der Waals surface area contributed by atoms with Crippen molar-refractivity contribution in [2.75, 3.05) is 0 Å². The summed E-state index contributed by atoms with van der Waals surface area (Å²) in [6, 6.07) is 18.6. The molecule has 2 aromatic rings. The minimum absolute atomic E-state index is 0.202. The molecule has 0 N–H and O–H groups in total.